The van der Waals surface area contributed by atoms with E-state index in [1.54, 1.807) is 7.05 Å². The van der Waals surface area contributed by atoms with Crippen LogP contribution in [0.1, 0.15) is 52.4 Å². The van der Waals surface area contributed by atoms with Gasteiger partial charge >= 0.3 is 5.97 Å². The molecule has 4 heteroatoms. The Morgan fingerprint density at radius 2 is 2.16 bits per heavy atom. The number of carbonyl (C=O) groups is 1. The van der Waals surface area contributed by atoms with Gasteiger partial charge in [0.2, 0.25) is 0 Å². The van der Waals surface area contributed by atoms with E-state index in [1.165, 1.54) is 19.3 Å². The van der Waals surface area contributed by atoms with Crippen LogP contribution in [0, 0.1) is 5.92 Å². The first-order chi connectivity index (χ1) is 9.02. The van der Waals surface area contributed by atoms with Gasteiger partial charge in [-0.1, -0.05) is 13.3 Å². The third kappa shape index (κ3) is 2.79. The Kier molecular flexibility index (Phi) is 4.51. The van der Waals surface area contributed by atoms with Crippen molar-refractivity contribution in [2.45, 2.75) is 70.0 Å². The molecule has 2 aliphatic rings. The van der Waals surface area contributed by atoms with Crippen molar-refractivity contribution in [1.29, 1.82) is 0 Å². The second kappa shape index (κ2) is 5.80. The average Bonchev–Trinajstić information content (AvgIpc) is 2.85. The Labute approximate surface area is 116 Å². The number of likely N-dealkylation sites (tertiary alicyclic amines) is 1. The molecule has 1 saturated carbocycles. The molecule has 1 heterocycles. The number of nitrogens with one attached hydrogen (secondary N) is 1. The molecule has 2 fully saturated rings. The maximum Gasteiger partial charge on any atom is 0.323 e. The van der Waals surface area contributed by atoms with Gasteiger partial charge in [0, 0.05) is 18.6 Å². The third-order valence-electron chi connectivity index (χ3n) is 5.45. The molecule has 110 valence electrons. The Morgan fingerprint density at radius 3 is 2.68 bits per heavy atom. The number of piperidine rings is 1. The molecule has 1 aliphatic heterocycles. The smallest absolute Gasteiger partial charge is 0.323 e. The number of nitrogens with zero attached hydrogens (tertiary/aromatic N) is 1. The molecule has 19 heavy (non-hydrogen) atoms. The summed E-state index contributed by atoms with van der Waals surface area (Å²) >= 11 is 0. The Balaban J connectivity index is 2.04. The van der Waals surface area contributed by atoms with E-state index in [1.807, 2.05) is 0 Å². The zero-order valence-electron chi connectivity index (χ0n) is 12.5. The maximum atomic E-state index is 11.5. The lowest BCUT2D eigenvalue weighted by molar-refractivity contribution is -0.144. The lowest BCUT2D eigenvalue weighted by Crippen LogP contribution is -2.52. The van der Waals surface area contributed by atoms with E-state index in [-0.39, 0.29) is 0 Å². The highest BCUT2D eigenvalue weighted by Crippen LogP contribution is 2.37. The van der Waals surface area contributed by atoms with Crippen molar-refractivity contribution >= 4 is 5.97 Å². The van der Waals surface area contributed by atoms with Gasteiger partial charge in [-0.05, 0) is 52.0 Å². The molecule has 2 N–H and O–H groups in total. The minimum Gasteiger partial charge on any atom is -0.480 e. The van der Waals surface area contributed by atoms with Crippen molar-refractivity contribution in [1.82, 2.24) is 10.2 Å². The molecule has 4 nitrogen and oxygen atoms in total. The number of hydrogen-bond donors (Lipinski definition) is 2. The predicted molar refractivity (Wildman–Crippen MR) is 76.2 cm³/mol. The van der Waals surface area contributed by atoms with Crippen LogP contribution in [0.5, 0.6) is 0 Å². The van der Waals surface area contributed by atoms with Gasteiger partial charge in [0.05, 0.1) is 0 Å². The zero-order chi connectivity index (χ0) is 14.0. The second-order valence-corrected chi connectivity index (χ2v) is 6.43. The first-order valence-electron chi connectivity index (χ1n) is 7.70. The number of hydrogen-bond acceptors (Lipinski definition) is 3. The highest BCUT2D eigenvalue weighted by atomic mass is 16.4. The summed E-state index contributed by atoms with van der Waals surface area (Å²) in [4.78, 5) is 14.1. The molecule has 4 unspecified atom stereocenters. The van der Waals surface area contributed by atoms with Crippen molar-refractivity contribution in [3.8, 4) is 0 Å². The summed E-state index contributed by atoms with van der Waals surface area (Å²) in [6, 6.07) is 1.04. The molecule has 0 aromatic heterocycles. The predicted octanol–water partition coefficient (Wildman–Crippen LogP) is 2.09. The molecular weight excluding hydrogens is 240 g/mol. The topological polar surface area (TPSA) is 52.6 Å². The van der Waals surface area contributed by atoms with Crippen LogP contribution in [0.2, 0.25) is 0 Å². The molecule has 4 atom stereocenters. The molecule has 0 aromatic carbocycles. The van der Waals surface area contributed by atoms with Gasteiger partial charge in [0.15, 0.2) is 0 Å². The lowest BCUT2D eigenvalue weighted by atomic mass is 9.89. The van der Waals surface area contributed by atoms with Gasteiger partial charge < -0.3 is 10.4 Å². The first kappa shape index (κ1) is 14.8. The van der Waals surface area contributed by atoms with Gasteiger partial charge in [-0.2, -0.15) is 0 Å². The Hall–Kier alpha value is -0.610. The molecule has 0 bridgehead atoms. The fourth-order valence-corrected chi connectivity index (χ4v) is 3.88. The Bertz CT molecular complexity index is 334. The summed E-state index contributed by atoms with van der Waals surface area (Å²) in [5.74, 6) is 0.111. The summed E-state index contributed by atoms with van der Waals surface area (Å²) in [6.07, 6.45) is 6.34. The second-order valence-electron chi connectivity index (χ2n) is 6.43. The van der Waals surface area contributed by atoms with Gasteiger partial charge in [-0.15, -0.1) is 0 Å². The highest BCUT2D eigenvalue weighted by molar-refractivity contribution is 5.79. The zero-order valence-corrected chi connectivity index (χ0v) is 12.5. The molecular formula is C15H28N2O2. The minimum absolute atomic E-state index is 0.438. The summed E-state index contributed by atoms with van der Waals surface area (Å²) in [5.41, 5.74) is -0.691. The summed E-state index contributed by atoms with van der Waals surface area (Å²) in [7, 11) is 1.78. The van der Waals surface area contributed by atoms with Gasteiger partial charge in [0.1, 0.15) is 5.54 Å². The van der Waals surface area contributed by atoms with E-state index in [0.29, 0.717) is 12.1 Å². The summed E-state index contributed by atoms with van der Waals surface area (Å²) in [5, 5.41) is 12.5. The summed E-state index contributed by atoms with van der Waals surface area (Å²) in [6.45, 7) is 5.72. The van der Waals surface area contributed by atoms with Crippen molar-refractivity contribution in [3.05, 3.63) is 0 Å². The number of carboxylic acids is 1. The standard InChI is InChI=1S/C15H28N2O2/c1-4-12-6-5-11(2)17(10-12)13-7-8-15(9-13,16-3)14(18)19/h11-13,16H,4-10H2,1-3H3,(H,18,19). The van der Waals surface area contributed by atoms with Crippen LogP contribution in [0.15, 0.2) is 0 Å². The molecule has 1 aliphatic carbocycles. The monoisotopic (exact) mass is 268 g/mol. The van der Waals surface area contributed by atoms with E-state index in [0.717, 1.165) is 31.7 Å². The van der Waals surface area contributed by atoms with E-state index in [2.05, 4.69) is 24.1 Å². The van der Waals surface area contributed by atoms with E-state index in [4.69, 9.17) is 0 Å². The first-order valence-corrected chi connectivity index (χ1v) is 7.70. The number of aliphatic carboxylic acids is 1. The van der Waals surface area contributed by atoms with Gasteiger partial charge in [-0.3, -0.25) is 9.69 Å². The fourth-order valence-electron chi connectivity index (χ4n) is 3.88. The molecule has 2 rings (SSSR count). The molecule has 1 saturated heterocycles. The van der Waals surface area contributed by atoms with Crippen molar-refractivity contribution in [2.75, 3.05) is 13.6 Å². The minimum atomic E-state index is -0.691. The van der Waals surface area contributed by atoms with E-state index in [9.17, 15) is 9.90 Å². The van der Waals surface area contributed by atoms with E-state index >= 15 is 0 Å². The van der Waals surface area contributed by atoms with Crippen LogP contribution in [0.4, 0.5) is 0 Å². The molecule has 0 amide bonds. The third-order valence-corrected chi connectivity index (χ3v) is 5.45. The largest absolute Gasteiger partial charge is 0.480 e. The van der Waals surface area contributed by atoms with Crippen LogP contribution < -0.4 is 5.32 Å². The average molecular weight is 268 g/mol. The number of rotatable bonds is 4. The quantitative estimate of drug-likeness (QED) is 0.820. The number of likely N-dealkylation sites (N-methyl/N-ethyl adjacent to an activating group) is 1. The van der Waals surface area contributed by atoms with Crippen LogP contribution in [0.3, 0.4) is 0 Å². The van der Waals surface area contributed by atoms with Crippen molar-refractivity contribution < 1.29 is 9.90 Å². The SMILES string of the molecule is CCC1CCC(C)N(C2CCC(NC)(C(=O)O)C2)C1. The van der Waals surface area contributed by atoms with Crippen LogP contribution in [-0.2, 0) is 4.79 Å². The van der Waals surface area contributed by atoms with Crippen molar-refractivity contribution in [3.63, 3.8) is 0 Å². The van der Waals surface area contributed by atoms with Crippen LogP contribution in [-0.4, -0.2) is 47.2 Å². The fraction of sp³-hybridized carbons (Fsp3) is 0.933. The Morgan fingerprint density at radius 1 is 1.42 bits per heavy atom. The number of carboxylic acid groups (broad SMARTS) is 1. The molecule has 0 aromatic rings. The lowest BCUT2D eigenvalue weighted by Gasteiger charge is -2.42. The maximum absolute atomic E-state index is 11.5. The van der Waals surface area contributed by atoms with Crippen LogP contribution >= 0.6 is 0 Å². The van der Waals surface area contributed by atoms with Crippen molar-refractivity contribution in [2.24, 2.45) is 5.92 Å². The summed E-state index contributed by atoms with van der Waals surface area (Å²) < 4.78 is 0. The van der Waals surface area contributed by atoms with E-state index < -0.39 is 11.5 Å². The molecule has 0 radical (unpaired) electrons. The van der Waals surface area contributed by atoms with Crippen LogP contribution in [0.25, 0.3) is 0 Å². The highest BCUT2D eigenvalue weighted by Gasteiger charge is 2.47. The normalized spacial score (nSPS) is 40.5. The molecule has 0 spiro atoms. The van der Waals surface area contributed by atoms with Gasteiger partial charge in [0.25, 0.3) is 0 Å². The van der Waals surface area contributed by atoms with Gasteiger partial charge in [-0.25, -0.2) is 0 Å².